The molecule has 4 rings (SSSR count). The molecule has 1 atom stereocenters. The maximum absolute atomic E-state index is 13.2. The zero-order chi connectivity index (χ0) is 26.4. The zero-order valence-electron chi connectivity index (χ0n) is 22.1. The monoisotopic (exact) mass is 499 g/mol. The van der Waals surface area contributed by atoms with E-state index in [0.717, 1.165) is 35.3 Å². The smallest absolute Gasteiger partial charge is 0.305 e. The van der Waals surface area contributed by atoms with Gasteiger partial charge in [-0.05, 0) is 53.1 Å². The molecule has 0 radical (unpaired) electrons. The van der Waals surface area contributed by atoms with Crippen LogP contribution >= 0.6 is 0 Å². The number of rotatable bonds is 11. The van der Waals surface area contributed by atoms with E-state index in [4.69, 9.17) is 9.84 Å². The largest absolute Gasteiger partial charge is 0.487 e. The molecule has 3 aromatic carbocycles. The number of carbonyl (C=O) groups is 2. The SMILES string of the molecule is CC(C)c1ccc(C[C@]2(C)Cc3cc(CC(=O)N(CCC(=O)O)CCc4ccccc4)ccc3O2)cc1. The van der Waals surface area contributed by atoms with Gasteiger partial charge in [0.2, 0.25) is 5.91 Å². The summed E-state index contributed by atoms with van der Waals surface area (Å²) >= 11 is 0. The summed E-state index contributed by atoms with van der Waals surface area (Å²) in [7, 11) is 0. The van der Waals surface area contributed by atoms with E-state index in [-0.39, 0.29) is 30.9 Å². The molecule has 0 bridgehead atoms. The Kier molecular flexibility index (Phi) is 8.32. The molecule has 1 heterocycles. The van der Waals surface area contributed by atoms with Gasteiger partial charge in [-0.2, -0.15) is 0 Å². The fourth-order valence-corrected chi connectivity index (χ4v) is 5.02. The van der Waals surface area contributed by atoms with Crippen LogP contribution in [0.5, 0.6) is 5.75 Å². The molecule has 0 saturated carbocycles. The Balaban J connectivity index is 1.40. The number of nitrogens with zero attached hydrogens (tertiary/aromatic N) is 1. The number of hydrogen-bond acceptors (Lipinski definition) is 3. The number of ether oxygens (including phenoxy) is 1. The third-order valence-corrected chi connectivity index (χ3v) is 7.09. The lowest BCUT2D eigenvalue weighted by molar-refractivity contribution is -0.138. The van der Waals surface area contributed by atoms with Crippen LogP contribution in [0.1, 0.15) is 60.9 Å². The molecule has 1 amide bonds. The van der Waals surface area contributed by atoms with Crippen molar-refractivity contribution in [1.82, 2.24) is 4.90 Å². The lowest BCUT2D eigenvalue weighted by atomic mass is 9.90. The van der Waals surface area contributed by atoms with Gasteiger partial charge in [0, 0.05) is 25.9 Å². The van der Waals surface area contributed by atoms with Crippen LogP contribution in [0.2, 0.25) is 0 Å². The van der Waals surface area contributed by atoms with Crippen LogP contribution in [0.4, 0.5) is 0 Å². The summed E-state index contributed by atoms with van der Waals surface area (Å²) in [5.41, 5.74) is 5.44. The average molecular weight is 500 g/mol. The summed E-state index contributed by atoms with van der Waals surface area (Å²) < 4.78 is 6.38. The van der Waals surface area contributed by atoms with E-state index in [1.54, 1.807) is 4.90 Å². The maximum Gasteiger partial charge on any atom is 0.305 e. The van der Waals surface area contributed by atoms with Crippen molar-refractivity contribution < 1.29 is 19.4 Å². The van der Waals surface area contributed by atoms with Crippen LogP contribution in [0.3, 0.4) is 0 Å². The molecule has 37 heavy (non-hydrogen) atoms. The molecule has 0 aliphatic carbocycles. The zero-order valence-corrected chi connectivity index (χ0v) is 22.1. The summed E-state index contributed by atoms with van der Waals surface area (Å²) in [5, 5.41) is 9.17. The molecule has 0 saturated heterocycles. The Hall–Kier alpha value is -3.60. The van der Waals surface area contributed by atoms with Crippen LogP contribution in [-0.2, 0) is 35.3 Å². The first-order chi connectivity index (χ1) is 17.7. The molecule has 0 unspecified atom stereocenters. The predicted octanol–water partition coefficient (Wildman–Crippen LogP) is 5.83. The number of carbonyl (C=O) groups excluding carboxylic acids is 1. The van der Waals surface area contributed by atoms with Gasteiger partial charge in [-0.1, -0.05) is 80.6 Å². The first-order valence-corrected chi connectivity index (χ1v) is 13.1. The summed E-state index contributed by atoms with van der Waals surface area (Å²) in [5.74, 6) is 0.440. The molecule has 5 nitrogen and oxygen atoms in total. The second-order valence-corrected chi connectivity index (χ2v) is 10.7. The molecule has 1 aliphatic rings. The number of fused-ring (bicyclic) bond motifs is 1. The summed E-state index contributed by atoms with van der Waals surface area (Å²) in [6, 6.07) is 24.7. The topological polar surface area (TPSA) is 66.8 Å². The van der Waals surface area contributed by atoms with Gasteiger partial charge in [-0.25, -0.2) is 0 Å². The van der Waals surface area contributed by atoms with Crippen molar-refractivity contribution in [2.24, 2.45) is 0 Å². The molecule has 0 fully saturated rings. The molecular weight excluding hydrogens is 462 g/mol. The van der Waals surface area contributed by atoms with Gasteiger partial charge in [0.1, 0.15) is 11.4 Å². The second kappa shape index (κ2) is 11.6. The second-order valence-electron chi connectivity index (χ2n) is 10.7. The lowest BCUT2D eigenvalue weighted by Gasteiger charge is -2.24. The highest BCUT2D eigenvalue weighted by atomic mass is 16.5. The Morgan fingerprint density at radius 3 is 2.32 bits per heavy atom. The third-order valence-electron chi connectivity index (χ3n) is 7.09. The first-order valence-electron chi connectivity index (χ1n) is 13.1. The number of hydrogen-bond donors (Lipinski definition) is 1. The fraction of sp³-hybridized carbons (Fsp3) is 0.375. The Bertz CT molecular complexity index is 1220. The molecular formula is C32H37NO4. The van der Waals surface area contributed by atoms with E-state index >= 15 is 0 Å². The highest BCUT2D eigenvalue weighted by Crippen LogP contribution is 2.37. The maximum atomic E-state index is 13.2. The van der Waals surface area contributed by atoms with Gasteiger partial charge < -0.3 is 14.7 Å². The first kappa shape index (κ1) is 26.5. The number of carboxylic acid groups (broad SMARTS) is 1. The van der Waals surface area contributed by atoms with Crippen molar-refractivity contribution in [3.63, 3.8) is 0 Å². The van der Waals surface area contributed by atoms with E-state index in [0.29, 0.717) is 18.9 Å². The van der Waals surface area contributed by atoms with E-state index < -0.39 is 5.97 Å². The number of amides is 1. The van der Waals surface area contributed by atoms with Crippen molar-refractivity contribution in [1.29, 1.82) is 0 Å². The highest BCUT2D eigenvalue weighted by Gasteiger charge is 2.35. The van der Waals surface area contributed by atoms with Crippen LogP contribution in [-0.4, -0.2) is 40.6 Å². The van der Waals surface area contributed by atoms with Crippen molar-refractivity contribution in [2.45, 2.75) is 64.4 Å². The van der Waals surface area contributed by atoms with Gasteiger partial charge in [-0.15, -0.1) is 0 Å². The predicted molar refractivity (Wildman–Crippen MR) is 146 cm³/mol. The van der Waals surface area contributed by atoms with Gasteiger partial charge >= 0.3 is 5.97 Å². The minimum atomic E-state index is -0.898. The standard InChI is InChI=1S/C32H37NO4/c1-23(2)27-12-9-25(10-13-27)21-32(3)22-28-19-26(11-14-29(28)37-32)20-30(34)33(18-16-31(35)36)17-15-24-7-5-4-6-8-24/h4-14,19,23H,15-18,20-22H2,1-3H3,(H,35,36)/t32-/m1/s1. The molecule has 1 aliphatic heterocycles. The summed E-state index contributed by atoms with van der Waals surface area (Å²) in [6.07, 6.45) is 2.48. The van der Waals surface area contributed by atoms with Gasteiger partial charge in [0.15, 0.2) is 0 Å². The van der Waals surface area contributed by atoms with Crippen LogP contribution in [0.25, 0.3) is 0 Å². The minimum absolute atomic E-state index is 0.0518. The molecule has 0 spiro atoms. The van der Waals surface area contributed by atoms with E-state index in [9.17, 15) is 9.59 Å². The van der Waals surface area contributed by atoms with Crippen molar-refractivity contribution in [3.05, 3.63) is 101 Å². The number of carboxylic acids is 1. The summed E-state index contributed by atoms with van der Waals surface area (Å²) in [6.45, 7) is 7.25. The molecule has 3 aromatic rings. The normalized spacial score (nSPS) is 16.3. The van der Waals surface area contributed by atoms with Crippen molar-refractivity contribution >= 4 is 11.9 Å². The lowest BCUT2D eigenvalue weighted by Crippen LogP contribution is -2.36. The van der Waals surface area contributed by atoms with Crippen LogP contribution in [0.15, 0.2) is 72.8 Å². The number of benzene rings is 3. The summed E-state index contributed by atoms with van der Waals surface area (Å²) in [4.78, 5) is 26.0. The van der Waals surface area contributed by atoms with Crippen molar-refractivity contribution in [2.75, 3.05) is 13.1 Å². The molecule has 194 valence electrons. The third kappa shape index (κ3) is 7.22. The van der Waals surface area contributed by atoms with E-state index in [2.05, 4.69) is 51.1 Å². The molecule has 5 heteroatoms. The highest BCUT2D eigenvalue weighted by molar-refractivity contribution is 5.79. The van der Waals surface area contributed by atoms with E-state index in [1.165, 1.54) is 11.1 Å². The van der Waals surface area contributed by atoms with Gasteiger partial charge in [0.25, 0.3) is 0 Å². The van der Waals surface area contributed by atoms with Gasteiger partial charge in [0.05, 0.1) is 12.8 Å². The Morgan fingerprint density at radius 1 is 0.946 bits per heavy atom. The van der Waals surface area contributed by atoms with E-state index in [1.807, 2.05) is 42.5 Å². The number of aliphatic carboxylic acids is 1. The fourth-order valence-electron chi connectivity index (χ4n) is 5.02. The van der Waals surface area contributed by atoms with Gasteiger partial charge in [-0.3, -0.25) is 9.59 Å². The van der Waals surface area contributed by atoms with Crippen molar-refractivity contribution in [3.8, 4) is 5.75 Å². The Morgan fingerprint density at radius 2 is 1.65 bits per heavy atom. The Labute approximate surface area is 220 Å². The van der Waals surface area contributed by atoms with Crippen LogP contribution in [0, 0.1) is 0 Å². The minimum Gasteiger partial charge on any atom is -0.487 e. The van der Waals surface area contributed by atoms with Crippen LogP contribution < -0.4 is 4.74 Å². The molecule has 0 aromatic heterocycles. The molecule has 1 N–H and O–H groups in total. The average Bonchev–Trinajstić information content (AvgIpc) is 3.19. The quantitative estimate of drug-likeness (QED) is 0.360.